The van der Waals surface area contributed by atoms with Gasteiger partial charge >= 0.3 is 0 Å². The van der Waals surface area contributed by atoms with Gasteiger partial charge in [0.25, 0.3) is 15.9 Å². The summed E-state index contributed by atoms with van der Waals surface area (Å²) in [5.41, 5.74) is 1.61. The lowest BCUT2D eigenvalue weighted by Gasteiger charge is -2.24. The fourth-order valence-corrected chi connectivity index (χ4v) is 5.37. The van der Waals surface area contributed by atoms with Crippen molar-refractivity contribution in [3.05, 3.63) is 102 Å². The third-order valence-electron chi connectivity index (χ3n) is 6.55. The lowest BCUT2D eigenvalue weighted by molar-refractivity contribution is -0.141. The van der Waals surface area contributed by atoms with Crippen molar-refractivity contribution in [1.82, 2.24) is 14.6 Å². The summed E-state index contributed by atoms with van der Waals surface area (Å²) in [7, 11) is -4.23. The fraction of sp³-hybridized carbons (Fsp3) is 0.200. The van der Waals surface area contributed by atoms with Crippen LogP contribution in [-0.4, -0.2) is 49.1 Å². The van der Waals surface area contributed by atoms with Crippen LogP contribution in [0.3, 0.4) is 0 Å². The zero-order valence-electron chi connectivity index (χ0n) is 22.6. The van der Waals surface area contributed by atoms with Crippen molar-refractivity contribution in [1.29, 1.82) is 0 Å². The summed E-state index contributed by atoms with van der Waals surface area (Å²) in [5, 5.41) is 4.36. The van der Waals surface area contributed by atoms with Crippen molar-refractivity contribution in [2.24, 2.45) is 5.92 Å². The number of carbonyl (C=O) groups is 3. The van der Waals surface area contributed by atoms with Gasteiger partial charge in [-0.3, -0.25) is 19.4 Å². The molecule has 4 rings (SSSR count). The van der Waals surface area contributed by atoms with Gasteiger partial charge in [0, 0.05) is 36.7 Å². The van der Waals surface area contributed by atoms with Gasteiger partial charge in [-0.1, -0.05) is 42.5 Å². The van der Waals surface area contributed by atoms with E-state index in [1.807, 2.05) is 12.1 Å². The van der Waals surface area contributed by atoms with Gasteiger partial charge in [0.05, 0.1) is 4.90 Å². The summed E-state index contributed by atoms with van der Waals surface area (Å²) in [5.74, 6) is -2.94. The zero-order valence-corrected chi connectivity index (χ0v) is 24.2. The third-order valence-corrected chi connectivity index (χ3v) is 7.89. The normalized spacial score (nSPS) is 11.7. The molecule has 0 fully saturated rings. The van der Waals surface area contributed by atoms with E-state index in [-0.39, 0.29) is 29.6 Å². The second-order valence-electron chi connectivity index (χ2n) is 9.13. The highest BCUT2D eigenvalue weighted by Crippen LogP contribution is 2.21. The Balaban J connectivity index is 0.00000462. The number of hydrogen-bond donors (Lipinski definition) is 2. The first-order valence-electron chi connectivity index (χ1n) is 12.9. The number of amides is 3. The van der Waals surface area contributed by atoms with Crippen molar-refractivity contribution in [3.8, 4) is 0 Å². The number of hydrogen-bond acceptors (Lipinski definition) is 6. The number of sulfonamides is 1. The van der Waals surface area contributed by atoms with E-state index in [0.717, 1.165) is 5.39 Å². The van der Waals surface area contributed by atoms with Crippen LogP contribution in [0.2, 0.25) is 0 Å². The molecule has 0 aliphatic heterocycles. The quantitative estimate of drug-likeness (QED) is 0.262. The van der Waals surface area contributed by atoms with E-state index >= 15 is 0 Å². The minimum Gasteiger partial charge on any atom is -0.343 e. The molecule has 0 radical (unpaired) electrons. The Kier molecular flexibility index (Phi) is 10.6. The molecular formula is C30H31ClN4O5S. The molecule has 0 spiro atoms. The second-order valence-corrected chi connectivity index (χ2v) is 10.8. The average Bonchev–Trinajstić information content (AvgIpc) is 2.97. The third kappa shape index (κ3) is 7.68. The largest absolute Gasteiger partial charge is 0.343 e. The fourth-order valence-electron chi connectivity index (χ4n) is 4.31. The molecule has 0 saturated carbocycles. The van der Waals surface area contributed by atoms with Crippen LogP contribution in [0.25, 0.3) is 10.8 Å². The summed E-state index contributed by atoms with van der Waals surface area (Å²) in [6, 6.07) is 21.8. The number of benzene rings is 3. The topological polar surface area (TPSA) is 126 Å². The van der Waals surface area contributed by atoms with Crippen LogP contribution < -0.4 is 10.0 Å². The minimum absolute atomic E-state index is 0. The van der Waals surface area contributed by atoms with E-state index in [9.17, 15) is 22.8 Å². The molecule has 0 aliphatic carbocycles. The van der Waals surface area contributed by atoms with Gasteiger partial charge in [-0.05, 0) is 73.0 Å². The van der Waals surface area contributed by atoms with Crippen molar-refractivity contribution in [2.45, 2.75) is 25.2 Å². The Hall–Kier alpha value is -4.28. The average molecular weight is 595 g/mol. The summed E-state index contributed by atoms with van der Waals surface area (Å²) in [4.78, 5) is 44.4. The number of rotatable bonds is 10. The molecule has 0 saturated heterocycles. The second kappa shape index (κ2) is 13.9. The van der Waals surface area contributed by atoms with Crippen molar-refractivity contribution >= 4 is 56.6 Å². The lowest BCUT2D eigenvalue weighted by Crippen LogP contribution is -2.46. The molecular weight excluding hydrogens is 564 g/mol. The predicted molar refractivity (Wildman–Crippen MR) is 160 cm³/mol. The Morgan fingerprint density at radius 3 is 2.12 bits per heavy atom. The van der Waals surface area contributed by atoms with Crippen LogP contribution in [0.1, 0.15) is 29.8 Å². The monoisotopic (exact) mass is 594 g/mol. The summed E-state index contributed by atoms with van der Waals surface area (Å²) >= 11 is 0. The van der Waals surface area contributed by atoms with Gasteiger partial charge < -0.3 is 10.2 Å². The first-order chi connectivity index (χ1) is 19.2. The predicted octanol–water partition coefficient (Wildman–Crippen LogP) is 4.44. The van der Waals surface area contributed by atoms with E-state index in [1.165, 1.54) is 29.4 Å². The van der Waals surface area contributed by atoms with Gasteiger partial charge in [-0.2, -0.15) is 0 Å². The van der Waals surface area contributed by atoms with E-state index < -0.39 is 27.8 Å². The van der Waals surface area contributed by atoms with E-state index in [0.29, 0.717) is 35.3 Å². The molecule has 41 heavy (non-hydrogen) atoms. The molecule has 0 aliphatic rings. The van der Waals surface area contributed by atoms with E-state index in [1.54, 1.807) is 68.4 Å². The number of aromatic nitrogens is 1. The van der Waals surface area contributed by atoms with E-state index in [4.69, 9.17) is 0 Å². The van der Waals surface area contributed by atoms with Gasteiger partial charge in [0.1, 0.15) is 5.92 Å². The van der Waals surface area contributed by atoms with Crippen LogP contribution >= 0.6 is 12.4 Å². The smallest absolute Gasteiger partial charge is 0.264 e. The number of carbonyl (C=O) groups excluding carboxylic acids is 3. The maximum Gasteiger partial charge on any atom is 0.264 e. The van der Waals surface area contributed by atoms with Gasteiger partial charge in [-0.25, -0.2) is 13.1 Å². The first kappa shape index (κ1) is 31.3. The molecule has 1 atom stereocenters. The number of halogens is 1. The Labute approximate surface area is 245 Å². The summed E-state index contributed by atoms with van der Waals surface area (Å²) < 4.78 is 28.4. The van der Waals surface area contributed by atoms with Crippen LogP contribution in [0.4, 0.5) is 5.69 Å². The molecule has 1 heterocycles. The minimum atomic E-state index is -4.23. The molecule has 2 N–H and O–H groups in total. The molecule has 1 aromatic heterocycles. The highest BCUT2D eigenvalue weighted by Gasteiger charge is 2.33. The van der Waals surface area contributed by atoms with Gasteiger partial charge in [0.15, 0.2) is 0 Å². The number of pyridine rings is 1. The molecule has 3 amide bonds. The molecule has 11 heteroatoms. The highest BCUT2D eigenvalue weighted by atomic mass is 35.5. The molecule has 214 valence electrons. The Bertz CT molecular complexity index is 1630. The Morgan fingerprint density at radius 2 is 1.49 bits per heavy atom. The summed E-state index contributed by atoms with van der Waals surface area (Å²) in [6.07, 6.45) is 3.03. The van der Waals surface area contributed by atoms with Gasteiger partial charge in [0.2, 0.25) is 11.8 Å². The maximum atomic E-state index is 13.3. The molecule has 1 unspecified atom stereocenters. The molecule has 4 aromatic rings. The van der Waals surface area contributed by atoms with Crippen molar-refractivity contribution in [3.63, 3.8) is 0 Å². The first-order valence-corrected chi connectivity index (χ1v) is 14.3. The van der Waals surface area contributed by atoms with Crippen LogP contribution in [-0.2, 0) is 26.0 Å². The standard InChI is InChI=1S/C30H30N4O5S.ClH/c1-3-34(4-2)30(37)27(19-21-9-12-25(13-10-21)32-28(35)23-15-17-31-18-16-23)29(36)33-40(38,39)26-14-11-22-7-5-6-8-24(22)20-26;/h5-18,20,27H,3-4,19H2,1-2H3,(H,32,35)(H,33,36);1H. The van der Waals surface area contributed by atoms with Crippen LogP contribution in [0.5, 0.6) is 0 Å². The van der Waals surface area contributed by atoms with E-state index in [2.05, 4.69) is 15.0 Å². The van der Waals surface area contributed by atoms with Gasteiger partial charge in [-0.15, -0.1) is 12.4 Å². The summed E-state index contributed by atoms with van der Waals surface area (Å²) in [6.45, 7) is 4.33. The number of nitrogens with zero attached hydrogens (tertiary/aromatic N) is 2. The highest BCUT2D eigenvalue weighted by molar-refractivity contribution is 7.90. The van der Waals surface area contributed by atoms with Crippen molar-refractivity contribution in [2.75, 3.05) is 18.4 Å². The number of anilines is 1. The Morgan fingerprint density at radius 1 is 0.854 bits per heavy atom. The van der Waals surface area contributed by atoms with Crippen molar-refractivity contribution < 1.29 is 22.8 Å². The maximum absolute atomic E-state index is 13.3. The zero-order chi connectivity index (χ0) is 28.7. The molecule has 3 aromatic carbocycles. The number of nitrogens with one attached hydrogen (secondary N) is 2. The van der Waals surface area contributed by atoms with Crippen LogP contribution in [0.15, 0.2) is 96.2 Å². The SMILES string of the molecule is CCN(CC)C(=O)C(Cc1ccc(NC(=O)c2ccncc2)cc1)C(=O)NS(=O)(=O)c1ccc2ccccc2c1.Cl. The molecule has 9 nitrogen and oxygen atoms in total. The number of fused-ring (bicyclic) bond motifs is 1. The lowest BCUT2D eigenvalue weighted by atomic mass is 9.97. The van der Waals surface area contributed by atoms with Crippen LogP contribution in [0, 0.1) is 5.92 Å². The molecule has 0 bridgehead atoms.